The first-order valence-electron chi connectivity index (χ1n) is 4.67. The van der Waals surface area contributed by atoms with E-state index in [0.29, 0.717) is 0 Å². The van der Waals surface area contributed by atoms with Crippen molar-refractivity contribution in [2.45, 2.75) is 26.0 Å². The van der Waals surface area contributed by atoms with Gasteiger partial charge in [0.2, 0.25) is 11.1 Å². The molecule has 94 valence electrons. The van der Waals surface area contributed by atoms with Gasteiger partial charge in [0.25, 0.3) is 0 Å². The van der Waals surface area contributed by atoms with Crippen LogP contribution in [0.4, 0.5) is 8.78 Å². The average Bonchev–Trinajstić information content (AvgIpc) is 2.21. The lowest BCUT2D eigenvalue weighted by Gasteiger charge is -2.13. The molecule has 0 aliphatic rings. The van der Waals surface area contributed by atoms with Crippen molar-refractivity contribution in [1.82, 2.24) is 4.90 Å². The SMILES string of the molecule is CCN(CC)CC.O=S(O)C(F)(F)CO. The molecule has 0 saturated heterocycles. The molecule has 0 aliphatic heterocycles. The van der Waals surface area contributed by atoms with Crippen molar-refractivity contribution in [3.63, 3.8) is 0 Å². The number of aliphatic hydroxyl groups is 1. The van der Waals surface area contributed by atoms with Gasteiger partial charge >= 0.3 is 5.25 Å². The van der Waals surface area contributed by atoms with Crippen LogP contribution in [0.15, 0.2) is 0 Å². The predicted octanol–water partition coefficient (Wildman–Crippen LogP) is 1.14. The lowest BCUT2D eigenvalue weighted by atomic mass is 10.5. The van der Waals surface area contributed by atoms with Crippen LogP contribution in [0.25, 0.3) is 0 Å². The average molecular weight is 247 g/mol. The number of hydrogen-bond donors (Lipinski definition) is 2. The van der Waals surface area contributed by atoms with Crippen LogP contribution in [-0.2, 0) is 11.1 Å². The first-order chi connectivity index (χ1) is 6.85. The van der Waals surface area contributed by atoms with Crippen molar-refractivity contribution in [2.75, 3.05) is 26.2 Å². The zero-order valence-electron chi connectivity index (χ0n) is 9.24. The van der Waals surface area contributed by atoms with Gasteiger partial charge in [0, 0.05) is 0 Å². The number of halogens is 2. The van der Waals surface area contributed by atoms with Gasteiger partial charge in [-0.1, -0.05) is 20.8 Å². The quantitative estimate of drug-likeness (QED) is 0.715. The Balaban J connectivity index is 0. The molecule has 0 radical (unpaired) electrons. The van der Waals surface area contributed by atoms with Crippen LogP contribution in [0, 0.1) is 0 Å². The Bertz CT molecular complexity index is 172. The number of alkyl halides is 2. The molecule has 0 aliphatic carbocycles. The fraction of sp³-hybridized carbons (Fsp3) is 1.00. The standard InChI is InChI=1S/C6H15N.C2H4F2O3S/c1-4-7(5-2)6-3;3-2(4,1-5)8(6)7/h4-6H2,1-3H3;5H,1H2,(H,6,7). The predicted molar refractivity (Wildman–Crippen MR) is 56.3 cm³/mol. The smallest absolute Gasteiger partial charge is 0.367 e. The van der Waals surface area contributed by atoms with Gasteiger partial charge in [-0.05, 0) is 19.6 Å². The van der Waals surface area contributed by atoms with Crippen LogP contribution >= 0.6 is 0 Å². The minimum absolute atomic E-state index is 1.19. The summed E-state index contributed by atoms with van der Waals surface area (Å²) in [4.78, 5) is 2.38. The summed E-state index contributed by atoms with van der Waals surface area (Å²) in [6.07, 6.45) is 0. The second-order valence-electron chi connectivity index (χ2n) is 2.66. The van der Waals surface area contributed by atoms with Gasteiger partial charge < -0.3 is 14.6 Å². The molecule has 1 unspecified atom stereocenters. The van der Waals surface area contributed by atoms with Gasteiger partial charge in [-0.25, -0.2) is 4.21 Å². The zero-order chi connectivity index (χ0) is 12.5. The monoisotopic (exact) mass is 247 g/mol. The van der Waals surface area contributed by atoms with Crippen molar-refractivity contribution in [3.05, 3.63) is 0 Å². The fourth-order valence-corrected chi connectivity index (χ4v) is 0.836. The van der Waals surface area contributed by atoms with Gasteiger partial charge in [-0.3, -0.25) is 0 Å². The second-order valence-corrected chi connectivity index (χ2v) is 3.76. The normalized spacial score (nSPS) is 13.3. The van der Waals surface area contributed by atoms with Crippen molar-refractivity contribution in [3.8, 4) is 0 Å². The topological polar surface area (TPSA) is 60.8 Å². The lowest BCUT2D eigenvalue weighted by Crippen LogP contribution is -2.26. The Hall–Kier alpha value is -0.110. The molecule has 0 spiro atoms. The van der Waals surface area contributed by atoms with Crippen molar-refractivity contribution in [1.29, 1.82) is 0 Å². The van der Waals surface area contributed by atoms with E-state index in [-0.39, 0.29) is 0 Å². The van der Waals surface area contributed by atoms with Crippen LogP contribution in [0.3, 0.4) is 0 Å². The second kappa shape index (κ2) is 9.14. The molecule has 0 amide bonds. The molecule has 0 aromatic carbocycles. The molecule has 0 fully saturated rings. The third-order valence-corrected chi connectivity index (χ3v) is 2.42. The van der Waals surface area contributed by atoms with E-state index in [1.54, 1.807) is 0 Å². The highest BCUT2D eigenvalue weighted by Crippen LogP contribution is 2.14. The summed E-state index contributed by atoms with van der Waals surface area (Å²) < 4.78 is 40.0. The van der Waals surface area contributed by atoms with Crippen molar-refractivity contribution in [2.24, 2.45) is 0 Å². The largest absolute Gasteiger partial charge is 0.389 e. The minimum Gasteiger partial charge on any atom is -0.389 e. The summed E-state index contributed by atoms with van der Waals surface area (Å²) in [5.41, 5.74) is 0. The molecule has 7 heteroatoms. The zero-order valence-corrected chi connectivity index (χ0v) is 10.1. The Labute approximate surface area is 91.6 Å². The number of aliphatic hydroxyl groups excluding tert-OH is 1. The number of hydrogen-bond acceptors (Lipinski definition) is 3. The summed E-state index contributed by atoms with van der Waals surface area (Å²) in [5, 5.41) is 3.79. The van der Waals surface area contributed by atoms with E-state index in [4.69, 9.17) is 9.66 Å². The molecular formula is C8H19F2NO3S. The lowest BCUT2D eigenvalue weighted by molar-refractivity contribution is 0.0251. The highest BCUT2D eigenvalue weighted by molar-refractivity contribution is 7.80. The molecule has 0 saturated carbocycles. The third-order valence-electron chi connectivity index (χ3n) is 1.78. The summed E-state index contributed by atoms with van der Waals surface area (Å²) in [6.45, 7) is 8.52. The molecule has 0 aromatic rings. The molecule has 0 aromatic heterocycles. The summed E-state index contributed by atoms with van der Waals surface area (Å²) in [6, 6.07) is 0. The molecule has 0 rings (SSSR count). The molecule has 15 heavy (non-hydrogen) atoms. The maximum absolute atomic E-state index is 11.5. The molecule has 2 N–H and O–H groups in total. The van der Waals surface area contributed by atoms with E-state index in [0.717, 1.165) is 0 Å². The third kappa shape index (κ3) is 8.86. The molecule has 0 bridgehead atoms. The maximum atomic E-state index is 11.5. The Morgan fingerprint density at radius 2 is 1.53 bits per heavy atom. The molecule has 0 heterocycles. The van der Waals surface area contributed by atoms with E-state index in [9.17, 15) is 13.0 Å². The van der Waals surface area contributed by atoms with E-state index in [1.165, 1.54) is 19.6 Å². The van der Waals surface area contributed by atoms with E-state index in [1.807, 2.05) is 0 Å². The summed E-state index contributed by atoms with van der Waals surface area (Å²) in [5.74, 6) is 0. The fourth-order valence-electron chi connectivity index (χ4n) is 0.726. The summed E-state index contributed by atoms with van der Waals surface area (Å²) >= 11 is -3.26. The Kier molecular flexibility index (Phi) is 10.5. The first kappa shape index (κ1) is 17.3. The van der Waals surface area contributed by atoms with E-state index in [2.05, 4.69) is 25.7 Å². The van der Waals surface area contributed by atoms with Crippen LogP contribution in [-0.4, -0.2) is 50.3 Å². The Morgan fingerprint density at radius 3 is 1.53 bits per heavy atom. The van der Waals surface area contributed by atoms with Crippen LogP contribution in [0.2, 0.25) is 0 Å². The van der Waals surface area contributed by atoms with Gasteiger partial charge in [0.15, 0.2) is 0 Å². The van der Waals surface area contributed by atoms with Gasteiger partial charge in [0.1, 0.15) is 6.61 Å². The molecular weight excluding hydrogens is 228 g/mol. The molecule has 1 atom stereocenters. The minimum atomic E-state index is -3.88. The number of nitrogens with zero attached hydrogens (tertiary/aromatic N) is 1. The van der Waals surface area contributed by atoms with Gasteiger partial charge in [-0.15, -0.1) is 0 Å². The molecule has 4 nitrogen and oxygen atoms in total. The van der Waals surface area contributed by atoms with Crippen LogP contribution in [0.1, 0.15) is 20.8 Å². The highest BCUT2D eigenvalue weighted by Gasteiger charge is 2.35. The maximum Gasteiger partial charge on any atom is 0.367 e. The van der Waals surface area contributed by atoms with Gasteiger partial charge in [-0.2, -0.15) is 8.78 Å². The highest BCUT2D eigenvalue weighted by atomic mass is 32.2. The van der Waals surface area contributed by atoms with Gasteiger partial charge in [0.05, 0.1) is 0 Å². The van der Waals surface area contributed by atoms with Crippen molar-refractivity contribution >= 4 is 11.1 Å². The van der Waals surface area contributed by atoms with Crippen LogP contribution in [0.5, 0.6) is 0 Å². The Morgan fingerprint density at radius 1 is 1.20 bits per heavy atom. The van der Waals surface area contributed by atoms with Crippen LogP contribution < -0.4 is 0 Å². The summed E-state index contributed by atoms with van der Waals surface area (Å²) in [7, 11) is 0. The van der Waals surface area contributed by atoms with E-state index < -0.39 is 22.9 Å². The van der Waals surface area contributed by atoms with Crippen molar-refractivity contribution < 1.29 is 22.6 Å². The first-order valence-corrected chi connectivity index (χ1v) is 5.78. The number of rotatable bonds is 5. The van der Waals surface area contributed by atoms with E-state index >= 15 is 0 Å².